The van der Waals surface area contributed by atoms with Gasteiger partial charge in [-0.15, -0.1) is 0 Å². The van der Waals surface area contributed by atoms with E-state index in [0.717, 1.165) is 24.5 Å². The first-order chi connectivity index (χ1) is 8.27. The van der Waals surface area contributed by atoms with E-state index in [4.69, 9.17) is 4.74 Å². The Morgan fingerprint density at radius 1 is 1.18 bits per heavy atom. The molecule has 2 heterocycles. The van der Waals surface area contributed by atoms with E-state index in [2.05, 4.69) is 37.0 Å². The van der Waals surface area contributed by atoms with Gasteiger partial charge in [0.15, 0.2) is 0 Å². The van der Waals surface area contributed by atoms with Crippen molar-refractivity contribution in [2.24, 2.45) is 0 Å². The minimum absolute atomic E-state index is 0.815. The van der Waals surface area contributed by atoms with Crippen LogP contribution in [0.5, 0.6) is 5.75 Å². The summed E-state index contributed by atoms with van der Waals surface area (Å²) in [6.07, 6.45) is 4.15. The molecule has 2 heteroatoms. The Bertz CT molecular complexity index is 520. The van der Waals surface area contributed by atoms with Crippen molar-refractivity contribution < 1.29 is 4.74 Å². The zero-order valence-electron chi connectivity index (χ0n) is 10.8. The number of hydrogen-bond donors (Lipinski definition) is 0. The third kappa shape index (κ3) is 2.26. The van der Waals surface area contributed by atoms with E-state index in [-0.39, 0.29) is 0 Å². The fourth-order valence-corrected chi connectivity index (χ4v) is 2.10. The molecule has 0 spiro atoms. The zero-order valence-corrected chi connectivity index (χ0v) is 10.8. The van der Waals surface area contributed by atoms with Crippen LogP contribution in [0.1, 0.15) is 31.5 Å². The second kappa shape index (κ2) is 5.17. The van der Waals surface area contributed by atoms with Crippen molar-refractivity contribution in [3.05, 3.63) is 35.7 Å². The smallest absolute Gasteiger partial charge is 0.123 e. The van der Waals surface area contributed by atoms with Crippen LogP contribution in [0.15, 0.2) is 24.4 Å². The largest absolute Gasteiger partial charge is 0.493 e. The lowest BCUT2D eigenvalue weighted by atomic mass is 10.0. The highest BCUT2D eigenvalue weighted by molar-refractivity contribution is 5.89. The first kappa shape index (κ1) is 11.9. The van der Waals surface area contributed by atoms with Crippen molar-refractivity contribution >= 4 is 10.8 Å². The van der Waals surface area contributed by atoms with Crippen LogP contribution in [0.4, 0.5) is 0 Å². The van der Waals surface area contributed by atoms with Gasteiger partial charge in [-0.2, -0.15) is 0 Å². The number of pyridine rings is 1. The molecule has 0 bridgehead atoms. The molecule has 1 aromatic heterocycles. The Hall–Kier alpha value is -1.57. The maximum Gasteiger partial charge on any atom is 0.123 e. The van der Waals surface area contributed by atoms with E-state index in [1.54, 1.807) is 0 Å². The molecule has 90 valence electrons. The summed E-state index contributed by atoms with van der Waals surface area (Å²) in [6, 6.07) is 6.23. The van der Waals surface area contributed by atoms with Gasteiger partial charge in [0.2, 0.25) is 0 Å². The number of aryl methyl sites for hydroxylation is 1. The molecule has 0 amide bonds. The summed E-state index contributed by atoms with van der Waals surface area (Å²) in [5, 5.41) is 2.55. The van der Waals surface area contributed by atoms with Crippen LogP contribution in [0.25, 0.3) is 10.8 Å². The normalized spacial score (nSPS) is 12.6. The van der Waals surface area contributed by atoms with Crippen molar-refractivity contribution in [2.45, 2.75) is 33.6 Å². The van der Waals surface area contributed by atoms with Gasteiger partial charge >= 0.3 is 0 Å². The van der Waals surface area contributed by atoms with Crippen molar-refractivity contribution in [3.63, 3.8) is 0 Å². The molecule has 0 aliphatic carbocycles. The van der Waals surface area contributed by atoms with E-state index in [1.807, 2.05) is 13.1 Å². The standard InChI is InChI=1S/C12H11NO.C3H8/c1-8-9-2-3-12-11(5-7-14-12)10(9)4-6-13-8;1-3-2/h2-4,6H,5,7H2,1H3;3H2,1-2H3. The second-order valence-electron chi connectivity index (χ2n) is 4.34. The molecule has 2 nitrogen and oxygen atoms in total. The van der Waals surface area contributed by atoms with Crippen LogP contribution in [0.3, 0.4) is 0 Å². The third-order valence-electron chi connectivity index (χ3n) is 2.82. The van der Waals surface area contributed by atoms with Crippen LogP contribution in [-0.2, 0) is 6.42 Å². The molecular weight excluding hydrogens is 210 g/mol. The highest BCUT2D eigenvalue weighted by Crippen LogP contribution is 2.32. The number of hydrogen-bond acceptors (Lipinski definition) is 2. The fourth-order valence-electron chi connectivity index (χ4n) is 2.10. The van der Waals surface area contributed by atoms with Crippen molar-refractivity contribution in [1.29, 1.82) is 0 Å². The highest BCUT2D eigenvalue weighted by atomic mass is 16.5. The quantitative estimate of drug-likeness (QED) is 0.683. The highest BCUT2D eigenvalue weighted by Gasteiger charge is 2.15. The van der Waals surface area contributed by atoms with E-state index in [1.165, 1.54) is 22.8 Å². The maximum atomic E-state index is 5.53. The molecule has 0 N–H and O–H groups in total. The van der Waals surface area contributed by atoms with Gasteiger partial charge in [0, 0.05) is 29.3 Å². The summed E-state index contributed by atoms with van der Waals surface area (Å²) in [5.74, 6) is 1.04. The summed E-state index contributed by atoms with van der Waals surface area (Å²) >= 11 is 0. The predicted octanol–water partition coefficient (Wildman–Crippen LogP) is 3.89. The third-order valence-corrected chi connectivity index (χ3v) is 2.82. The molecule has 1 aliphatic rings. The first-order valence-corrected chi connectivity index (χ1v) is 6.28. The second-order valence-corrected chi connectivity index (χ2v) is 4.34. The Morgan fingerprint density at radius 2 is 1.94 bits per heavy atom. The maximum absolute atomic E-state index is 5.53. The molecule has 0 saturated heterocycles. The zero-order chi connectivity index (χ0) is 12.3. The first-order valence-electron chi connectivity index (χ1n) is 6.28. The molecule has 2 aromatic rings. The Labute approximate surface area is 103 Å². The summed E-state index contributed by atoms with van der Waals surface area (Å²) in [4.78, 5) is 4.29. The van der Waals surface area contributed by atoms with Crippen molar-refractivity contribution in [3.8, 4) is 5.75 Å². The van der Waals surface area contributed by atoms with Crippen LogP contribution in [-0.4, -0.2) is 11.6 Å². The molecule has 1 aromatic carbocycles. The number of fused-ring (bicyclic) bond motifs is 3. The minimum atomic E-state index is 0.815. The molecule has 3 rings (SSSR count). The fraction of sp³-hybridized carbons (Fsp3) is 0.400. The Kier molecular flexibility index (Phi) is 3.62. The number of aromatic nitrogens is 1. The van der Waals surface area contributed by atoms with E-state index in [0.29, 0.717) is 0 Å². The average molecular weight is 229 g/mol. The van der Waals surface area contributed by atoms with Gasteiger partial charge in [-0.25, -0.2) is 0 Å². The van der Waals surface area contributed by atoms with Gasteiger partial charge < -0.3 is 4.74 Å². The molecule has 0 unspecified atom stereocenters. The summed E-state index contributed by atoms with van der Waals surface area (Å²) < 4.78 is 5.53. The van der Waals surface area contributed by atoms with E-state index in [9.17, 15) is 0 Å². The molecular formula is C15H19NO. The summed E-state index contributed by atoms with van der Waals surface area (Å²) in [5.41, 5.74) is 2.44. The van der Waals surface area contributed by atoms with Crippen molar-refractivity contribution in [2.75, 3.05) is 6.61 Å². The molecule has 1 aliphatic heterocycles. The predicted molar refractivity (Wildman–Crippen MR) is 71.6 cm³/mol. The molecule has 0 saturated carbocycles. The summed E-state index contributed by atoms with van der Waals surface area (Å²) in [7, 11) is 0. The number of ether oxygens (including phenoxy) is 1. The van der Waals surface area contributed by atoms with Gasteiger partial charge in [-0.05, 0) is 30.5 Å². The van der Waals surface area contributed by atoms with Gasteiger partial charge in [0.05, 0.1) is 6.61 Å². The molecule has 17 heavy (non-hydrogen) atoms. The summed E-state index contributed by atoms with van der Waals surface area (Å²) in [6.45, 7) is 7.11. The van der Waals surface area contributed by atoms with Crippen LogP contribution < -0.4 is 4.74 Å². The minimum Gasteiger partial charge on any atom is -0.493 e. The van der Waals surface area contributed by atoms with Gasteiger partial charge in [0.1, 0.15) is 5.75 Å². The Morgan fingerprint density at radius 3 is 2.71 bits per heavy atom. The molecule has 0 atom stereocenters. The monoisotopic (exact) mass is 229 g/mol. The van der Waals surface area contributed by atoms with Crippen molar-refractivity contribution in [1.82, 2.24) is 4.98 Å². The van der Waals surface area contributed by atoms with Gasteiger partial charge in [-0.3, -0.25) is 4.98 Å². The van der Waals surface area contributed by atoms with Crippen LogP contribution >= 0.6 is 0 Å². The van der Waals surface area contributed by atoms with Crippen LogP contribution in [0.2, 0.25) is 0 Å². The SMILES string of the molecule is CCC.Cc1nccc2c3c(ccc12)OCC3. The van der Waals surface area contributed by atoms with Gasteiger partial charge in [-0.1, -0.05) is 20.3 Å². The van der Waals surface area contributed by atoms with Gasteiger partial charge in [0.25, 0.3) is 0 Å². The lowest BCUT2D eigenvalue weighted by molar-refractivity contribution is 0.357. The number of nitrogens with zero attached hydrogens (tertiary/aromatic N) is 1. The number of rotatable bonds is 0. The van der Waals surface area contributed by atoms with E-state index < -0.39 is 0 Å². The topological polar surface area (TPSA) is 22.1 Å². The number of benzene rings is 1. The van der Waals surface area contributed by atoms with Crippen LogP contribution in [0, 0.1) is 6.92 Å². The molecule has 0 radical (unpaired) electrons. The molecule has 0 fully saturated rings. The van der Waals surface area contributed by atoms with E-state index >= 15 is 0 Å². The lowest BCUT2D eigenvalue weighted by Gasteiger charge is -2.05. The lowest BCUT2D eigenvalue weighted by Crippen LogP contribution is -1.87. The Balaban J connectivity index is 0.000000329. The average Bonchev–Trinajstić information content (AvgIpc) is 2.79.